The molecule has 1 amide bonds. The van der Waals surface area contributed by atoms with Gasteiger partial charge in [0, 0.05) is 10.9 Å². The zero-order valence-electron chi connectivity index (χ0n) is 16.1. The molecule has 30 heavy (non-hydrogen) atoms. The number of aromatic nitrogens is 2. The third kappa shape index (κ3) is 3.95. The van der Waals surface area contributed by atoms with Gasteiger partial charge in [-0.3, -0.25) is 14.2 Å². The van der Waals surface area contributed by atoms with E-state index in [0.29, 0.717) is 28.3 Å². The van der Waals surface area contributed by atoms with Crippen molar-refractivity contribution in [2.45, 2.75) is 13.5 Å². The van der Waals surface area contributed by atoms with Gasteiger partial charge in [0.25, 0.3) is 5.56 Å². The molecule has 0 unspecified atom stereocenters. The van der Waals surface area contributed by atoms with Crippen LogP contribution in [0.3, 0.4) is 0 Å². The molecule has 8 heteroatoms. The summed E-state index contributed by atoms with van der Waals surface area (Å²) in [7, 11) is 0. The number of fused-ring (bicyclic) bond motifs is 1. The highest BCUT2D eigenvalue weighted by Crippen LogP contribution is 2.30. The summed E-state index contributed by atoms with van der Waals surface area (Å²) in [5, 5.41) is 4.59. The molecular formula is C22H18FN3O3S. The number of anilines is 1. The summed E-state index contributed by atoms with van der Waals surface area (Å²) in [6.45, 7) is 2.16. The van der Waals surface area contributed by atoms with Crippen molar-refractivity contribution in [1.82, 2.24) is 9.55 Å². The second kappa shape index (κ2) is 8.46. The standard InChI is InChI=1S/C22H18FN3O3S/c1-2-29-18-6-4-3-5-17(18)25-19(27)11-26-13-24-20-16(12-30-21(20)22(26)28)14-7-9-15(23)10-8-14/h3-10,12-13H,2,11H2,1H3,(H,25,27). The zero-order chi connectivity index (χ0) is 21.1. The highest BCUT2D eigenvalue weighted by molar-refractivity contribution is 7.17. The minimum Gasteiger partial charge on any atom is -0.492 e. The fourth-order valence-corrected chi connectivity index (χ4v) is 4.06. The number of nitrogens with one attached hydrogen (secondary N) is 1. The van der Waals surface area contributed by atoms with Crippen molar-refractivity contribution in [1.29, 1.82) is 0 Å². The van der Waals surface area contributed by atoms with Crippen molar-refractivity contribution in [3.05, 3.63) is 76.4 Å². The second-order valence-electron chi connectivity index (χ2n) is 6.49. The van der Waals surface area contributed by atoms with Crippen molar-refractivity contribution in [2.24, 2.45) is 0 Å². The number of carbonyl (C=O) groups excluding carboxylic acids is 1. The van der Waals surface area contributed by atoms with Gasteiger partial charge in [-0.2, -0.15) is 0 Å². The van der Waals surface area contributed by atoms with E-state index in [4.69, 9.17) is 4.74 Å². The first kappa shape index (κ1) is 19.8. The highest BCUT2D eigenvalue weighted by Gasteiger charge is 2.15. The first-order chi connectivity index (χ1) is 14.6. The molecule has 2 aromatic carbocycles. The number of para-hydroxylation sites is 2. The molecule has 6 nitrogen and oxygen atoms in total. The predicted molar refractivity (Wildman–Crippen MR) is 116 cm³/mol. The molecule has 0 fully saturated rings. The van der Waals surface area contributed by atoms with E-state index >= 15 is 0 Å². The van der Waals surface area contributed by atoms with Crippen LogP contribution in [0.4, 0.5) is 10.1 Å². The van der Waals surface area contributed by atoms with E-state index in [1.54, 1.807) is 30.3 Å². The van der Waals surface area contributed by atoms with Gasteiger partial charge in [-0.25, -0.2) is 9.37 Å². The molecule has 0 atom stereocenters. The summed E-state index contributed by atoms with van der Waals surface area (Å²) in [5.41, 5.74) is 2.31. The van der Waals surface area contributed by atoms with Crippen LogP contribution in [-0.4, -0.2) is 22.1 Å². The van der Waals surface area contributed by atoms with Gasteiger partial charge in [-0.1, -0.05) is 24.3 Å². The van der Waals surface area contributed by atoms with Crippen molar-refractivity contribution in [3.8, 4) is 16.9 Å². The number of thiophene rings is 1. The van der Waals surface area contributed by atoms with Gasteiger partial charge in [0.2, 0.25) is 5.91 Å². The lowest BCUT2D eigenvalue weighted by molar-refractivity contribution is -0.116. The molecule has 2 aromatic heterocycles. The number of ether oxygens (including phenoxy) is 1. The third-order valence-electron chi connectivity index (χ3n) is 4.48. The summed E-state index contributed by atoms with van der Waals surface area (Å²) < 4.78 is 20.4. The van der Waals surface area contributed by atoms with Crippen molar-refractivity contribution < 1.29 is 13.9 Å². The first-order valence-electron chi connectivity index (χ1n) is 9.31. The molecule has 4 aromatic rings. The van der Waals surface area contributed by atoms with Gasteiger partial charge in [0.1, 0.15) is 22.8 Å². The fraction of sp³-hybridized carbons (Fsp3) is 0.136. The maximum atomic E-state index is 13.2. The van der Waals surface area contributed by atoms with Gasteiger partial charge in [-0.15, -0.1) is 11.3 Å². The van der Waals surface area contributed by atoms with Crippen LogP contribution in [0.1, 0.15) is 6.92 Å². The Labute approximate surface area is 175 Å². The number of carbonyl (C=O) groups is 1. The Bertz CT molecular complexity index is 1260. The number of hydrogen-bond acceptors (Lipinski definition) is 5. The van der Waals surface area contributed by atoms with Gasteiger partial charge in [0.05, 0.1) is 24.1 Å². The van der Waals surface area contributed by atoms with E-state index in [9.17, 15) is 14.0 Å². The van der Waals surface area contributed by atoms with E-state index in [-0.39, 0.29) is 23.8 Å². The van der Waals surface area contributed by atoms with E-state index < -0.39 is 0 Å². The van der Waals surface area contributed by atoms with E-state index in [2.05, 4.69) is 10.3 Å². The molecule has 0 saturated carbocycles. The fourth-order valence-electron chi connectivity index (χ4n) is 3.08. The molecule has 0 saturated heterocycles. The number of benzene rings is 2. The van der Waals surface area contributed by atoms with Crippen LogP contribution in [0.15, 0.2) is 65.0 Å². The van der Waals surface area contributed by atoms with Crippen LogP contribution in [-0.2, 0) is 11.3 Å². The van der Waals surface area contributed by atoms with E-state index in [1.807, 2.05) is 18.4 Å². The predicted octanol–water partition coefficient (Wildman–Crippen LogP) is 4.30. The Morgan fingerprint density at radius 3 is 2.73 bits per heavy atom. The van der Waals surface area contributed by atoms with Crippen molar-refractivity contribution in [3.63, 3.8) is 0 Å². The molecular weight excluding hydrogens is 405 g/mol. The molecule has 0 radical (unpaired) electrons. The molecule has 152 valence electrons. The summed E-state index contributed by atoms with van der Waals surface area (Å²) in [6.07, 6.45) is 1.36. The SMILES string of the molecule is CCOc1ccccc1NC(=O)Cn1cnc2c(-c3ccc(F)cc3)csc2c1=O. The first-order valence-corrected chi connectivity index (χ1v) is 10.2. The minimum atomic E-state index is -0.360. The van der Waals surface area contributed by atoms with Crippen LogP contribution in [0, 0.1) is 5.82 Å². The number of rotatable bonds is 6. The second-order valence-corrected chi connectivity index (χ2v) is 7.37. The molecule has 0 aliphatic rings. The third-order valence-corrected chi connectivity index (χ3v) is 5.43. The van der Waals surface area contributed by atoms with Crippen LogP contribution < -0.4 is 15.6 Å². The van der Waals surface area contributed by atoms with Gasteiger partial charge in [0.15, 0.2) is 0 Å². The molecule has 2 heterocycles. The smallest absolute Gasteiger partial charge is 0.271 e. The molecule has 0 spiro atoms. The normalized spacial score (nSPS) is 10.9. The maximum Gasteiger partial charge on any atom is 0.271 e. The lowest BCUT2D eigenvalue weighted by Gasteiger charge is -2.11. The molecule has 4 rings (SSSR count). The summed E-state index contributed by atoms with van der Waals surface area (Å²) >= 11 is 1.25. The van der Waals surface area contributed by atoms with Gasteiger partial charge < -0.3 is 10.1 Å². The van der Waals surface area contributed by atoms with Crippen LogP contribution in [0.25, 0.3) is 21.3 Å². The molecule has 0 bridgehead atoms. The molecule has 0 aliphatic carbocycles. The average Bonchev–Trinajstić information content (AvgIpc) is 3.17. The number of amides is 1. The van der Waals surface area contributed by atoms with Crippen LogP contribution in [0.2, 0.25) is 0 Å². The summed E-state index contributed by atoms with van der Waals surface area (Å²) in [5.74, 6) is -0.122. The summed E-state index contributed by atoms with van der Waals surface area (Å²) in [6, 6.07) is 13.1. The maximum absolute atomic E-state index is 13.2. The Morgan fingerprint density at radius 1 is 1.20 bits per heavy atom. The van der Waals surface area contributed by atoms with Crippen LogP contribution in [0.5, 0.6) is 5.75 Å². The quantitative estimate of drug-likeness (QED) is 0.502. The van der Waals surface area contributed by atoms with Crippen molar-refractivity contribution in [2.75, 3.05) is 11.9 Å². The van der Waals surface area contributed by atoms with E-state index in [0.717, 1.165) is 11.1 Å². The lowest BCUT2D eigenvalue weighted by Crippen LogP contribution is -2.27. The Balaban J connectivity index is 1.58. The molecule has 0 aliphatic heterocycles. The topological polar surface area (TPSA) is 73.2 Å². The number of hydrogen-bond donors (Lipinski definition) is 1. The van der Waals surface area contributed by atoms with E-state index in [1.165, 1.54) is 34.4 Å². The average molecular weight is 423 g/mol. The monoisotopic (exact) mass is 423 g/mol. The van der Waals surface area contributed by atoms with Crippen molar-refractivity contribution >= 4 is 33.1 Å². The largest absolute Gasteiger partial charge is 0.492 e. The van der Waals surface area contributed by atoms with Crippen LogP contribution >= 0.6 is 11.3 Å². The minimum absolute atomic E-state index is 0.175. The lowest BCUT2D eigenvalue weighted by atomic mass is 10.1. The number of nitrogens with zero attached hydrogens (tertiary/aromatic N) is 2. The zero-order valence-corrected chi connectivity index (χ0v) is 16.9. The Morgan fingerprint density at radius 2 is 1.97 bits per heavy atom. The number of halogens is 1. The molecule has 1 N–H and O–H groups in total. The Kier molecular flexibility index (Phi) is 5.58. The Hall–Kier alpha value is -3.52. The van der Waals surface area contributed by atoms with Gasteiger partial charge in [-0.05, 0) is 36.8 Å². The summed E-state index contributed by atoms with van der Waals surface area (Å²) in [4.78, 5) is 29.7. The highest BCUT2D eigenvalue weighted by atomic mass is 32.1. The van der Waals surface area contributed by atoms with Gasteiger partial charge >= 0.3 is 0 Å².